The molecule has 6 heteroatoms. The van der Waals surface area contributed by atoms with Crippen molar-refractivity contribution in [1.29, 1.82) is 0 Å². The van der Waals surface area contributed by atoms with Crippen molar-refractivity contribution in [1.82, 2.24) is 0 Å². The summed E-state index contributed by atoms with van der Waals surface area (Å²) in [5.41, 5.74) is 1.99. The predicted molar refractivity (Wildman–Crippen MR) is 125 cm³/mol. The van der Waals surface area contributed by atoms with Crippen molar-refractivity contribution in [2.75, 3.05) is 31.4 Å². The monoisotopic (exact) mass is 437 g/mol. The van der Waals surface area contributed by atoms with E-state index >= 15 is 0 Å². The van der Waals surface area contributed by atoms with E-state index in [1.807, 2.05) is 43.4 Å². The molecule has 0 aliphatic carbocycles. The van der Waals surface area contributed by atoms with Crippen molar-refractivity contribution >= 4 is 34.3 Å². The van der Waals surface area contributed by atoms with E-state index in [1.54, 1.807) is 23.8 Å². The van der Waals surface area contributed by atoms with Gasteiger partial charge in [0, 0.05) is 30.1 Å². The van der Waals surface area contributed by atoms with E-state index in [-0.39, 0.29) is 5.91 Å². The molecule has 3 aromatic rings. The maximum atomic E-state index is 12.8. The standard InChI is InChI=1S/C25H29N2O3S/c1-4-5-7-19-16-30-22-9-6-8-21-23(14-15-27(19)25(21)22)31-17-24(28)26(2)18-10-12-20(29-3)13-11-18/h6,8-15,19H,4-5,7,16-17H2,1-3H3/q+1. The van der Waals surface area contributed by atoms with Gasteiger partial charge >= 0.3 is 0 Å². The number of carbonyl (C=O) groups excluding carboxylic acids is 1. The summed E-state index contributed by atoms with van der Waals surface area (Å²) in [4.78, 5) is 15.6. The van der Waals surface area contributed by atoms with Crippen LogP contribution in [0.2, 0.25) is 0 Å². The highest BCUT2D eigenvalue weighted by Gasteiger charge is 2.30. The van der Waals surface area contributed by atoms with E-state index in [0.29, 0.717) is 18.4 Å². The smallest absolute Gasteiger partial charge is 0.256 e. The van der Waals surface area contributed by atoms with Crippen molar-refractivity contribution in [2.45, 2.75) is 37.1 Å². The first kappa shape index (κ1) is 21.5. The number of aromatic nitrogens is 1. The molecule has 0 N–H and O–H groups in total. The fraction of sp³-hybridized carbons (Fsp3) is 0.360. The SMILES string of the molecule is CCCCC1COc2cccc3c(SCC(=O)N(C)c4ccc(OC)cc4)cc[n+]1c23. The summed E-state index contributed by atoms with van der Waals surface area (Å²) >= 11 is 1.57. The molecule has 31 heavy (non-hydrogen) atoms. The quantitative estimate of drug-likeness (QED) is 0.367. The van der Waals surface area contributed by atoms with Crippen LogP contribution in [0.3, 0.4) is 0 Å². The van der Waals surface area contributed by atoms with Crippen LogP contribution in [0.25, 0.3) is 10.9 Å². The average molecular weight is 438 g/mol. The molecule has 5 nitrogen and oxygen atoms in total. The molecule has 0 bridgehead atoms. The van der Waals surface area contributed by atoms with Gasteiger partial charge in [-0.2, -0.15) is 4.57 Å². The molecule has 2 heterocycles. The van der Waals surface area contributed by atoms with E-state index in [9.17, 15) is 4.79 Å². The zero-order valence-corrected chi connectivity index (χ0v) is 19.2. The highest BCUT2D eigenvalue weighted by atomic mass is 32.2. The summed E-state index contributed by atoms with van der Waals surface area (Å²) in [5.74, 6) is 2.13. The Kier molecular flexibility index (Phi) is 6.66. The lowest BCUT2D eigenvalue weighted by Gasteiger charge is -2.22. The highest BCUT2D eigenvalue weighted by molar-refractivity contribution is 8.00. The number of hydrogen-bond donors (Lipinski definition) is 0. The molecule has 2 aromatic carbocycles. The Labute approximate surface area is 188 Å². The van der Waals surface area contributed by atoms with E-state index in [1.165, 1.54) is 12.8 Å². The molecular formula is C25H29N2O3S+. The molecule has 0 spiro atoms. The van der Waals surface area contributed by atoms with Crippen LogP contribution in [0.1, 0.15) is 32.2 Å². The number of carbonyl (C=O) groups is 1. The Morgan fingerprint density at radius 3 is 2.77 bits per heavy atom. The number of benzene rings is 2. The number of pyridine rings is 1. The minimum atomic E-state index is 0.0559. The van der Waals surface area contributed by atoms with Gasteiger partial charge in [-0.05, 0) is 42.8 Å². The van der Waals surface area contributed by atoms with Crippen LogP contribution in [0.15, 0.2) is 59.6 Å². The highest BCUT2D eigenvalue weighted by Crippen LogP contribution is 2.34. The number of rotatable bonds is 8. The molecule has 162 valence electrons. The zero-order chi connectivity index (χ0) is 21.8. The number of methoxy groups -OCH3 is 1. The van der Waals surface area contributed by atoms with Gasteiger partial charge in [-0.1, -0.05) is 19.4 Å². The number of ether oxygens (including phenoxy) is 2. The molecule has 1 aliphatic heterocycles. The Bertz CT molecular complexity index is 1070. The maximum Gasteiger partial charge on any atom is 0.256 e. The van der Waals surface area contributed by atoms with Crippen molar-refractivity contribution in [3.8, 4) is 11.5 Å². The average Bonchev–Trinajstić information content (AvgIpc) is 2.82. The van der Waals surface area contributed by atoms with E-state index in [0.717, 1.165) is 39.4 Å². The molecule has 4 rings (SSSR count). The molecule has 1 aliphatic rings. The van der Waals surface area contributed by atoms with Crippen LogP contribution in [0, 0.1) is 0 Å². The lowest BCUT2D eigenvalue weighted by molar-refractivity contribution is -0.704. The number of hydrogen-bond acceptors (Lipinski definition) is 4. The normalized spacial score (nSPS) is 14.9. The second-order valence-corrected chi connectivity index (χ2v) is 8.80. The molecule has 0 saturated carbocycles. The fourth-order valence-corrected chi connectivity index (χ4v) is 4.91. The second kappa shape index (κ2) is 9.60. The van der Waals surface area contributed by atoms with Gasteiger partial charge in [0.1, 0.15) is 5.75 Å². The summed E-state index contributed by atoms with van der Waals surface area (Å²) in [7, 11) is 3.44. The van der Waals surface area contributed by atoms with Crippen LogP contribution in [0.4, 0.5) is 5.69 Å². The minimum absolute atomic E-state index is 0.0559. The van der Waals surface area contributed by atoms with E-state index in [4.69, 9.17) is 9.47 Å². The summed E-state index contributed by atoms with van der Waals surface area (Å²) in [5, 5.41) is 1.14. The Morgan fingerprint density at radius 2 is 2.03 bits per heavy atom. The van der Waals surface area contributed by atoms with Gasteiger partial charge in [-0.25, -0.2) is 0 Å². The van der Waals surface area contributed by atoms with Crippen LogP contribution in [0.5, 0.6) is 11.5 Å². The lowest BCUT2D eigenvalue weighted by Crippen LogP contribution is -2.46. The van der Waals surface area contributed by atoms with Gasteiger partial charge < -0.3 is 14.4 Å². The zero-order valence-electron chi connectivity index (χ0n) is 18.3. The van der Waals surface area contributed by atoms with Gasteiger partial charge in [-0.15, -0.1) is 11.8 Å². The van der Waals surface area contributed by atoms with Gasteiger partial charge in [-0.3, -0.25) is 4.79 Å². The third-order valence-corrected chi connectivity index (χ3v) is 6.87. The fourth-order valence-electron chi connectivity index (χ4n) is 3.96. The molecule has 1 amide bonds. The van der Waals surface area contributed by atoms with Crippen LogP contribution in [-0.4, -0.2) is 32.4 Å². The van der Waals surface area contributed by atoms with Gasteiger partial charge in [0.25, 0.3) is 5.52 Å². The van der Waals surface area contributed by atoms with Crippen LogP contribution in [-0.2, 0) is 4.79 Å². The summed E-state index contributed by atoms with van der Waals surface area (Å²) in [6, 6.07) is 16.2. The van der Waals surface area contributed by atoms with E-state index < -0.39 is 0 Å². The maximum absolute atomic E-state index is 12.8. The third-order valence-electron chi connectivity index (χ3n) is 5.81. The summed E-state index contributed by atoms with van der Waals surface area (Å²) in [6.07, 6.45) is 5.64. The Balaban J connectivity index is 1.53. The molecular weight excluding hydrogens is 408 g/mol. The number of anilines is 1. The first-order valence-corrected chi connectivity index (χ1v) is 11.7. The molecule has 1 aromatic heterocycles. The molecule has 0 saturated heterocycles. The summed E-state index contributed by atoms with van der Waals surface area (Å²) < 4.78 is 13.6. The minimum Gasteiger partial charge on any atom is -0.497 e. The molecule has 1 unspecified atom stereocenters. The second-order valence-electron chi connectivity index (χ2n) is 7.79. The van der Waals surface area contributed by atoms with Crippen molar-refractivity contribution in [3.05, 3.63) is 54.7 Å². The number of amides is 1. The van der Waals surface area contributed by atoms with Crippen molar-refractivity contribution < 1.29 is 18.8 Å². The molecule has 1 atom stereocenters. The number of thioether (sulfide) groups is 1. The predicted octanol–water partition coefficient (Wildman–Crippen LogP) is 5.01. The lowest BCUT2D eigenvalue weighted by atomic mass is 10.1. The summed E-state index contributed by atoms with van der Waals surface area (Å²) in [6.45, 7) is 2.94. The Hall–Kier alpha value is -2.73. The Morgan fingerprint density at radius 1 is 1.23 bits per heavy atom. The topological polar surface area (TPSA) is 42.6 Å². The van der Waals surface area contributed by atoms with E-state index in [2.05, 4.69) is 29.8 Å². The van der Waals surface area contributed by atoms with Crippen LogP contribution < -0.4 is 18.9 Å². The number of unbranched alkanes of at least 4 members (excludes halogenated alkanes) is 1. The first-order valence-electron chi connectivity index (χ1n) is 10.8. The van der Waals surface area contributed by atoms with Crippen LogP contribution >= 0.6 is 11.8 Å². The van der Waals surface area contributed by atoms with Gasteiger partial charge in [0.05, 0.1) is 18.2 Å². The molecule has 0 radical (unpaired) electrons. The third kappa shape index (κ3) is 4.49. The number of nitrogens with zero attached hydrogens (tertiary/aromatic N) is 2. The van der Waals surface area contributed by atoms with Gasteiger partial charge in [0.2, 0.25) is 5.91 Å². The largest absolute Gasteiger partial charge is 0.497 e. The van der Waals surface area contributed by atoms with Gasteiger partial charge in [0.15, 0.2) is 24.6 Å². The van der Waals surface area contributed by atoms with Crippen molar-refractivity contribution in [2.24, 2.45) is 0 Å². The molecule has 0 fully saturated rings. The first-order chi connectivity index (χ1) is 15.1. The number of para-hydroxylation sites is 1. The van der Waals surface area contributed by atoms with Crippen molar-refractivity contribution in [3.63, 3.8) is 0 Å².